The quantitative estimate of drug-likeness (QED) is 0.677. The Morgan fingerprint density at radius 1 is 1.10 bits per heavy atom. The average molecular weight is 416 g/mol. The second-order valence-electron chi connectivity index (χ2n) is 7.66. The summed E-state index contributed by atoms with van der Waals surface area (Å²) in [6.07, 6.45) is -0.226. The molecule has 154 valence electrons. The molecular formula is C22H25NO5S. The molecule has 3 rings (SSSR count). The van der Waals surface area contributed by atoms with Crippen molar-refractivity contribution in [1.29, 1.82) is 0 Å². The highest BCUT2D eigenvalue weighted by atomic mass is 32.2. The molecule has 2 unspecified atom stereocenters. The van der Waals surface area contributed by atoms with Crippen LogP contribution in [-0.4, -0.2) is 38.7 Å². The third kappa shape index (κ3) is 3.13. The van der Waals surface area contributed by atoms with Crippen LogP contribution in [0.25, 0.3) is 0 Å². The predicted molar refractivity (Wildman–Crippen MR) is 110 cm³/mol. The lowest BCUT2D eigenvalue weighted by Crippen LogP contribution is -2.51. The highest BCUT2D eigenvalue weighted by Crippen LogP contribution is 2.48. The second-order valence-corrected chi connectivity index (χ2v) is 10.0. The molecule has 1 aliphatic heterocycles. The van der Waals surface area contributed by atoms with E-state index in [4.69, 9.17) is 4.74 Å². The number of para-hydroxylation sites is 1. The summed E-state index contributed by atoms with van der Waals surface area (Å²) in [6.45, 7) is 4.71. The van der Waals surface area contributed by atoms with Gasteiger partial charge >= 0.3 is 5.97 Å². The van der Waals surface area contributed by atoms with Gasteiger partial charge < -0.3 is 9.64 Å². The van der Waals surface area contributed by atoms with Crippen LogP contribution in [0, 0.1) is 0 Å². The van der Waals surface area contributed by atoms with Gasteiger partial charge in [-0.3, -0.25) is 9.59 Å². The fourth-order valence-electron chi connectivity index (χ4n) is 4.09. The monoisotopic (exact) mass is 415 g/mol. The van der Waals surface area contributed by atoms with Crippen LogP contribution >= 0.6 is 0 Å². The fourth-order valence-corrected chi connectivity index (χ4v) is 5.89. The molecular weight excluding hydrogens is 390 g/mol. The van der Waals surface area contributed by atoms with Crippen molar-refractivity contribution < 1.29 is 22.7 Å². The third-order valence-corrected chi connectivity index (χ3v) is 8.07. The van der Waals surface area contributed by atoms with Crippen molar-refractivity contribution in [2.75, 3.05) is 18.6 Å². The number of hydrogen-bond acceptors (Lipinski definition) is 5. The topological polar surface area (TPSA) is 80.8 Å². The molecule has 1 heterocycles. The summed E-state index contributed by atoms with van der Waals surface area (Å²) in [5.41, 5.74) is 0.226. The minimum Gasteiger partial charge on any atom is -0.465 e. The van der Waals surface area contributed by atoms with Gasteiger partial charge in [-0.15, -0.1) is 0 Å². The number of hydrogen-bond donors (Lipinski definition) is 0. The fraction of sp³-hybridized carbons (Fsp3) is 0.364. The molecule has 0 bridgehead atoms. The van der Waals surface area contributed by atoms with E-state index in [0.717, 1.165) is 0 Å². The van der Waals surface area contributed by atoms with Crippen LogP contribution in [-0.2, 0) is 29.6 Å². The zero-order valence-electron chi connectivity index (χ0n) is 17.0. The number of benzene rings is 2. The molecule has 0 saturated heterocycles. The first-order chi connectivity index (χ1) is 13.6. The van der Waals surface area contributed by atoms with Gasteiger partial charge in [0.1, 0.15) is 0 Å². The number of fused-ring (bicyclic) bond motifs is 1. The average Bonchev–Trinajstić information content (AvgIpc) is 2.90. The van der Waals surface area contributed by atoms with Gasteiger partial charge in [-0.1, -0.05) is 36.4 Å². The Morgan fingerprint density at radius 2 is 1.69 bits per heavy atom. The number of carbonyl (C=O) groups is 2. The predicted octanol–water partition coefficient (Wildman–Crippen LogP) is 3.11. The number of amides is 1. The van der Waals surface area contributed by atoms with Crippen molar-refractivity contribution in [2.45, 2.75) is 42.2 Å². The Morgan fingerprint density at radius 3 is 2.31 bits per heavy atom. The van der Waals surface area contributed by atoms with E-state index in [1.54, 1.807) is 51.2 Å². The lowest BCUT2D eigenvalue weighted by atomic mass is 9.76. The number of ether oxygens (including phenoxy) is 1. The van der Waals surface area contributed by atoms with Crippen molar-refractivity contribution in [3.05, 3.63) is 60.2 Å². The van der Waals surface area contributed by atoms with Crippen LogP contribution in [0.4, 0.5) is 5.69 Å². The Labute approximate surface area is 171 Å². The maximum absolute atomic E-state index is 13.6. The van der Waals surface area contributed by atoms with Gasteiger partial charge in [0.25, 0.3) is 0 Å². The van der Waals surface area contributed by atoms with Gasteiger partial charge in [0.05, 0.1) is 16.9 Å². The number of likely N-dealkylation sites (N-methyl/N-ethyl adjacent to an activating group) is 1. The van der Waals surface area contributed by atoms with Gasteiger partial charge in [0, 0.05) is 12.7 Å². The lowest BCUT2D eigenvalue weighted by molar-refractivity contribution is -0.146. The molecule has 0 fully saturated rings. The van der Waals surface area contributed by atoms with Crippen LogP contribution in [0.3, 0.4) is 0 Å². The minimum atomic E-state index is -4.14. The molecule has 0 saturated carbocycles. The number of carbonyl (C=O) groups excluding carboxylic acids is 2. The van der Waals surface area contributed by atoms with Crippen molar-refractivity contribution in [2.24, 2.45) is 0 Å². The summed E-state index contributed by atoms with van der Waals surface area (Å²) in [4.78, 5) is 27.7. The van der Waals surface area contributed by atoms with Crippen LogP contribution in [0.2, 0.25) is 0 Å². The van der Waals surface area contributed by atoms with Gasteiger partial charge in [0.15, 0.2) is 14.6 Å². The maximum Gasteiger partial charge on any atom is 0.327 e. The molecule has 0 aromatic heterocycles. The second kappa shape index (κ2) is 7.30. The lowest BCUT2D eigenvalue weighted by Gasteiger charge is -2.34. The summed E-state index contributed by atoms with van der Waals surface area (Å²) in [7, 11) is -2.48. The molecule has 1 aliphatic rings. The molecule has 2 aromatic rings. The van der Waals surface area contributed by atoms with E-state index in [-0.39, 0.29) is 23.8 Å². The maximum atomic E-state index is 13.6. The van der Waals surface area contributed by atoms with Gasteiger partial charge in [-0.2, -0.15) is 0 Å². The summed E-state index contributed by atoms with van der Waals surface area (Å²) < 4.78 is 30.4. The number of nitrogens with zero attached hydrogens (tertiary/aromatic N) is 1. The Bertz CT molecular complexity index is 1050. The molecule has 0 aliphatic carbocycles. The molecule has 0 spiro atoms. The smallest absolute Gasteiger partial charge is 0.327 e. The van der Waals surface area contributed by atoms with Crippen LogP contribution in [0.1, 0.15) is 32.8 Å². The van der Waals surface area contributed by atoms with Gasteiger partial charge in [-0.05, 0) is 51.0 Å². The largest absolute Gasteiger partial charge is 0.465 e. The van der Waals surface area contributed by atoms with E-state index in [1.807, 2.05) is 12.1 Å². The molecule has 6 nitrogen and oxygen atoms in total. The van der Waals surface area contributed by atoms with E-state index < -0.39 is 26.0 Å². The molecule has 2 atom stereocenters. The first-order valence-corrected chi connectivity index (χ1v) is 10.9. The summed E-state index contributed by atoms with van der Waals surface area (Å²) in [5.74, 6) is -1.11. The molecule has 0 N–H and O–H groups in total. The van der Waals surface area contributed by atoms with Gasteiger partial charge in [-0.25, -0.2) is 8.42 Å². The summed E-state index contributed by atoms with van der Waals surface area (Å²) in [5, 5.41) is 0. The Hall–Kier alpha value is -2.67. The van der Waals surface area contributed by atoms with Gasteiger partial charge in [0.2, 0.25) is 5.91 Å². The normalized spacial score (nSPS) is 20.8. The Balaban J connectivity index is 2.17. The molecule has 1 amide bonds. The van der Waals surface area contributed by atoms with E-state index in [1.165, 1.54) is 24.0 Å². The molecule has 2 aromatic carbocycles. The third-order valence-electron chi connectivity index (χ3n) is 5.68. The summed E-state index contributed by atoms with van der Waals surface area (Å²) >= 11 is 0. The van der Waals surface area contributed by atoms with Crippen molar-refractivity contribution in [3.63, 3.8) is 0 Å². The van der Waals surface area contributed by atoms with Crippen LogP contribution in [0.5, 0.6) is 0 Å². The molecule has 0 radical (unpaired) electrons. The number of anilines is 1. The highest BCUT2D eigenvalue weighted by molar-refractivity contribution is 7.93. The zero-order chi connectivity index (χ0) is 21.4. The Kier molecular flexibility index (Phi) is 5.30. The van der Waals surface area contributed by atoms with E-state index in [0.29, 0.717) is 11.3 Å². The van der Waals surface area contributed by atoms with Crippen LogP contribution < -0.4 is 4.90 Å². The number of esters is 1. The first kappa shape index (κ1) is 21.0. The van der Waals surface area contributed by atoms with E-state index in [9.17, 15) is 18.0 Å². The zero-order valence-corrected chi connectivity index (χ0v) is 17.8. The SMILES string of the molecule is CCOC(=O)C(C)(CC1(C)C(=O)N(C)c2ccccc21)S(=O)(=O)c1ccccc1. The number of rotatable bonds is 6. The van der Waals surface area contributed by atoms with E-state index in [2.05, 4.69) is 0 Å². The standard InChI is InChI=1S/C22H25NO5S/c1-5-28-20(25)22(3,29(26,27)16-11-7-6-8-12-16)15-21(2)17-13-9-10-14-18(17)23(4)19(21)24/h6-14H,5,15H2,1-4H3. The minimum absolute atomic E-state index is 0.0197. The van der Waals surface area contributed by atoms with E-state index >= 15 is 0 Å². The van der Waals surface area contributed by atoms with Crippen molar-refractivity contribution in [3.8, 4) is 0 Å². The molecule has 7 heteroatoms. The van der Waals surface area contributed by atoms with Crippen LogP contribution in [0.15, 0.2) is 59.5 Å². The molecule has 29 heavy (non-hydrogen) atoms. The highest BCUT2D eigenvalue weighted by Gasteiger charge is 2.57. The van der Waals surface area contributed by atoms with Crippen molar-refractivity contribution in [1.82, 2.24) is 0 Å². The number of sulfone groups is 1. The van der Waals surface area contributed by atoms with Crippen molar-refractivity contribution >= 4 is 27.4 Å². The first-order valence-electron chi connectivity index (χ1n) is 9.44. The summed E-state index contributed by atoms with van der Waals surface area (Å²) in [6, 6.07) is 15.0.